The molecular formula is C40H44N6O5. The van der Waals surface area contributed by atoms with E-state index in [1.165, 1.54) is 12.7 Å². The van der Waals surface area contributed by atoms with Gasteiger partial charge < -0.3 is 4.74 Å². The summed E-state index contributed by atoms with van der Waals surface area (Å²) in [5.74, 6) is 1.07. The van der Waals surface area contributed by atoms with Gasteiger partial charge in [-0.05, 0) is 73.1 Å². The molecule has 1 fully saturated rings. The van der Waals surface area contributed by atoms with Crippen LogP contribution in [0.1, 0.15) is 92.5 Å². The lowest BCUT2D eigenvalue weighted by molar-refractivity contribution is 0.0874. The maximum Gasteiger partial charge on any atom is 0.439 e. The number of carbonyl (C=O) groups is 1. The van der Waals surface area contributed by atoms with Gasteiger partial charge in [-0.1, -0.05) is 87.3 Å². The number of ketones is 1. The number of aromatic amines is 1. The van der Waals surface area contributed by atoms with E-state index in [0.29, 0.717) is 61.3 Å². The van der Waals surface area contributed by atoms with Crippen LogP contribution in [0.15, 0.2) is 93.2 Å². The van der Waals surface area contributed by atoms with E-state index in [9.17, 15) is 14.4 Å². The molecule has 0 atom stereocenters. The number of rotatable bonds is 10. The minimum Gasteiger partial charge on any atom is -0.497 e. The second-order valence-corrected chi connectivity index (χ2v) is 13.0. The van der Waals surface area contributed by atoms with Gasteiger partial charge in [-0.2, -0.15) is 10.1 Å². The van der Waals surface area contributed by atoms with Crippen LogP contribution in [0.4, 0.5) is 0 Å². The van der Waals surface area contributed by atoms with Crippen molar-refractivity contribution in [1.29, 1.82) is 0 Å². The number of Topliss-reactive ketones (excluding diaryl/α,β-unsaturated/α-hetero) is 1. The summed E-state index contributed by atoms with van der Waals surface area (Å²) in [5.41, 5.74) is 5.79. The molecule has 1 aliphatic rings. The van der Waals surface area contributed by atoms with Crippen molar-refractivity contribution in [2.45, 2.75) is 78.2 Å². The molecule has 0 spiro atoms. The number of nitrogens with one attached hydrogen (secondary N) is 1. The molecule has 11 nitrogen and oxygen atoms in total. The third-order valence-electron chi connectivity index (χ3n) is 9.39. The van der Waals surface area contributed by atoms with Gasteiger partial charge in [0.05, 0.1) is 12.8 Å². The Balaban J connectivity index is 0.00000144. The third kappa shape index (κ3) is 7.47. The number of aryl methyl sites for hydroxylation is 1. The quantitative estimate of drug-likeness (QED) is 0.146. The van der Waals surface area contributed by atoms with E-state index in [2.05, 4.69) is 41.0 Å². The summed E-state index contributed by atoms with van der Waals surface area (Å²) in [4.78, 5) is 46.5. The first-order valence-electron chi connectivity index (χ1n) is 17.8. The van der Waals surface area contributed by atoms with Crippen LogP contribution in [0.2, 0.25) is 0 Å². The van der Waals surface area contributed by atoms with Gasteiger partial charge in [-0.25, -0.2) is 9.31 Å². The summed E-state index contributed by atoms with van der Waals surface area (Å²) in [6.45, 7) is 6.34. The lowest BCUT2D eigenvalue weighted by Gasteiger charge is -2.30. The molecule has 0 radical (unpaired) electrons. The van der Waals surface area contributed by atoms with E-state index in [4.69, 9.17) is 9.26 Å². The van der Waals surface area contributed by atoms with Crippen molar-refractivity contribution in [3.05, 3.63) is 122 Å². The monoisotopic (exact) mass is 688 g/mol. The Bertz CT molecular complexity index is 2200. The third-order valence-corrected chi connectivity index (χ3v) is 9.39. The molecule has 0 bridgehead atoms. The van der Waals surface area contributed by atoms with E-state index >= 15 is 0 Å². The number of H-pyrrole nitrogens is 1. The molecule has 7 rings (SSSR count). The minimum absolute atomic E-state index is 0.0479. The second kappa shape index (κ2) is 16.0. The van der Waals surface area contributed by atoms with Crippen molar-refractivity contribution in [2.24, 2.45) is 5.92 Å². The Kier molecular flexibility index (Phi) is 11.0. The zero-order valence-corrected chi connectivity index (χ0v) is 29.6. The highest BCUT2D eigenvalue weighted by atomic mass is 16.5. The first kappa shape index (κ1) is 35.3. The SMILES string of the molecule is CCC.CCCc1c(Cc2ccc(-c3ccccc3-c3noc(=O)[nH]3)cc2)c(=O)n(C2CCC(C(=O)c3ccc(OC)cc3)CC2)c2ncnn12. The Morgan fingerprint density at radius 2 is 1.61 bits per heavy atom. The summed E-state index contributed by atoms with van der Waals surface area (Å²) in [6, 6.07) is 22.9. The Hall–Kier alpha value is -5.58. The van der Waals surface area contributed by atoms with Gasteiger partial charge in [0.2, 0.25) is 5.78 Å². The number of carbonyl (C=O) groups excluding carboxylic acids is 1. The number of hydrogen-bond donors (Lipinski definition) is 1. The predicted molar refractivity (Wildman–Crippen MR) is 196 cm³/mol. The van der Waals surface area contributed by atoms with Gasteiger partial charge in [0, 0.05) is 35.1 Å². The summed E-state index contributed by atoms with van der Waals surface area (Å²) in [6.07, 6.45) is 7.53. The molecule has 0 amide bonds. The van der Waals surface area contributed by atoms with Crippen molar-refractivity contribution in [3.8, 4) is 28.3 Å². The van der Waals surface area contributed by atoms with Gasteiger partial charge in [-0.15, -0.1) is 0 Å². The first-order chi connectivity index (χ1) is 24.9. The lowest BCUT2D eigenvalue weighted by Crippen LogP contribution is -2.35. The van der Waals surface area contributed by atoms with Crippen LogP contribution in [-0.2, 0) is 12.8 Å². The fourth-order valence-corrected chi connectivity index (χ4v) is 6.96. The molecule has 3 heterocycles. The molecule has 264 valence electrons. The van der Waals surface area contributed by atoms with Crippen molar-refractivity contribution in [3.63, 3.8) is 0 Å². The molecule has 51 heavy (non-hydrogen) atoms. The zero-order valence-electron chi connectivity index (χ0n) is 29.6. The Labute approximate surface area is 296 Å². The molecule has 6 aromatic rings. The van der Waals surface area contributed by atoms with E-state index < -0.39 is 5.76 Å². The molecule has 1 saturated carbocycles. The highest BCUT2D eigenvalue weighted by Gasteiger charge is 2.31. The van der Waals surface area contributed by atoms with Gasteiger partial charge in [-0.3, -0.25) is 23.7 Å². The maximum atomic E-state index is 14.4. The van der Waals surface area contributed by atoms with Crippen LogP contribution < -0.4 is 16.1 Å². The molecular weight excluding hydrogens is 644 g/mol. The smallest absolute Gasteiger partial charge is 0.439 e. The Morgan fingerprint density at radius 3 is 2.24 bits per heavy atom. The van der Waals surface area contributed by atoms with Crippen molar-refractivity contribution in [2.75, 3.05) is 7.11 Å². The topological polar surface area (TPSA) is 137 Å². The largest absolute Gasteiger partial charge is 0.497 e. The number of ether oxygens (including phenoxy) is 1. The molecule has 1 aliphatic carbocycles. The van der Waals surface area contributed by atoms with Crippen LogP contribution in [0.3, 0.4) is 0 Å². The highest BCUT2D eigenvalue weighted by molar-refractivity contribution is 5.98. The second-order valence-electron chi connectivity index (χ2n) is 13.0. The van der Waals surface area contributed by atoms with Gasteiger partial charge in [0.15, 0.2) is 11.6 Å². The summed E-state index contributed by atoms with van der Waals surface area (Å²) < 4.78 is 13.6. The molecule has 3 aromatic heterocycles. The number of nitrogens with zero attached hydrogens (tertiary/aromatic N) is 5. The van der Waals surface area contributed by atoms with Gasteiger partial charge in [0.1, 0.15) is 12.1 Å². The number of fused-ring (bicyclic) bond motifs is 1. The van der Waals surface area contributed by atoms with Crippen molar-refractivity contribution in [1.82, 2.24) is 29.3 Å². The number of hydrogen-bond acceptors (Lipinski definition) is 8. The van der Waals surface area contributed by atoms with Gasteiger partial charge >= 0.3 is 5.76 Å². The van der Waals surface area contributed by atoms with Crippen molar-refractivity contribution < 1.29 is 14.1 Å². The van der Waals surface area contributed by atoms with Crippen LogP contribution in [0.5, 0.6) is 5.75 Å². The molecule has 11 heteroatoms. The molecule has 0 unspecified atom stereocenters. The van der Waals surface area contributed by atoms with E-state index in [-0.39, 0.29) is 23.3 Å². The van der Waals surface area contributed by atoms with E-state index in [0.717, 1.165) is 40.1 Å². The van der Waals surface area contributed by atoms with Crippen molar-refractivity contribution >= 4 is 11.6 Å². The van der Waals surface area contributed by atoms with Crippen LogP contribution >= 0.6 is 0 Å². The number of benzene rings is 3. The van der Waals surface area contributed by atoms with Crippen LogP contribution in [0.25, 0.3) is 28.3 Å². The fraction of sp³-hybridized carbons (Fsp3) is 0.350. The number of aromatic nitrogens is 6. The minimum atomic E-state index is -0.608. The van der Waals surface area contributed by atoms with Crippen LogP contribution in [0, 0.1) is 5.92 Å². The summed E-state index contributed by atoms with van der Waals surface area (Å²) >= 11 is 0. The molecule has 1 N–H and O–H groups in total. The Morgan fingerprint density at radius 1 is 0.922 bits per heavy atom. The molecule has 0 aliphatic heterocycles. The average Bonchev–Trinajstić information content (AvgIpc) is 3.83. The van der Waals surface area contributed by atoms with E-state index in [1.54, 1.807) is 7.11 Å². The predicted octanol–water partition coefficient (Wildman–Crippen LogP) is 7.48. The van der Waals surface area contributed by atoms with E-state index in [1.807, 2.05) is 81.9 Å². The molecule has 3 aromatic carbocycles. The average molecular weight is 689 g/mol. The lowest BCUT2D eigenvalue weighted by atomic mass is 9.81. The molecule has 0 saturated heterocycles. The van der Waals surface area contributed by atoms with Crippen LogP contribution in [-0.4, -0.2) is 42.2 Å². The summed E-state index contributed by atoms with van der Waals surface area (Å²) in [7, 11) is 1.61. The first-order valence-corrected chi connectivity index (χ1v) is 17.8. The van der Waals surface area contributed by atoms with Gasteiger partial charge in [0.25, 0.3) is 5.56 Å². The maximum absolute atomic E-state index is 14.4. The highest BCUT2D eigenvalue weighted by Crippen LogP contribution is 2.35. The normalized spacial score (nSPS) is 15.7. The number of methoxy groups -OCH3 is 1. The standard InChI is InChI=1S/C37H36N6O5.C3H8/c1-3-6-32-31(21-23-9-11-24(12-10-23)29-7-4-5-8-30(29)34-40-37(46)48-41-34)35(45)42(36-38-22-39-43(32)36)27-17-13-25(14-18-27)33(44)26-15-19-28(47-2)20-16-26;1-3-2/h4-5,7-12,15-16,19-20,22,25,27H,3,6,13-14,17-18,21H2,1-2H3,(H,40,41,46);3H2,1-2H3. The summed E-state index contributed by atoms with van der Waals surface area (Å²) in [5, 5.41) is 8.44. The fourth-order valence-electron chi connectivity index (χ4n) is 6.96. The zero-order chi connectivity index (χ0) is 35.9.